The summed E-state index contributed by atoms with van der Waals surface area (Å²) >= 11 is 6.25. The maximum atomic E-state index is 13.8. The van der Waals surface area contributed by atoms with Crippen molar-refractivity contribution in [1.82, 2.24) is 9.47 Å². The fourth-order valence-corrected chi connectivity index (χ4v) is 5.94. The molecular formula is C31H29ClF2N2O2. The van der Waals surface area contributed by atoms with Crippen LogP contribution in [0.25, 0.3) is 10.9 Å². The van der Waals surface area contributed by atoms with Gasteiger partial charge < -0.3 is 9.47 Å². The van der Waals surface area contributed by atoms with Crippen molar-refractivity contribution in [3.8, 4) is 0 Å². The molecule has 0 unspecified atom stereocenters. The summed E-state index contributed by atoms with van der Waals surface area (Å²) in [6.45, 7) is 5.49. The van der Waals surface area contributed by atoms with Crippen LogP contribution in [-0.4, -0.2) is 34.2 Å². The number of aryl methyl sites for hydroxylation is 1. The Hall–Kier alpha value is -3.51. The number of halogens is 3. The van der Waals surface area contributed by atoms with Crippen molar-refractivity contribution in [2.75, 3.05) is 13.1 Å². The van der Waals surface area contributed by atoms with Crippen molar-refractivity contribution in [1.29, 1.82) is 0 Å². The molecule has 5 rings (SSSR count). The molecular weight excluding hydrogens is 506 g/mol. The second-order valence-corrected chi connectivity index (χ2v) is 10.6. The Labute approximate surface area is 225 Å². The molecule has 4 nitrogen and oxygen atoms in total. The topological polar surface area (TPSA) is 42.3 Å². The first-order valence-electron chi connectivity index (χ1n) is 12.8. The Morgan fingerprint density at radius 3 is 2.39 bits per heavy atom. The highest BCUT2D eigenvalue weighted by Gasteiger charge is 2.37. The third kappa shape index (κ3) is 4.73. The van der Waals surface area contributed by atoms with Crippen LogP contribution in [0.3, 0.4) is 0 Å². The van der Waals surface area contributed by atoms with E-state index >= 15 is 0 Å². The molecule has 1 amide bonds. The summed E-state index contributed by atoms with van der Waals surface area (Å²) in [7, 11) is 0. The predicted molar refractivity (Wildman–Crippen MR) is 146 cm³/mol. The van der Waals surface area contributed by atoms with Crippen LogP contribution in [0, 0.1) is 18.6 Å². The van der Waals surface area contributed by atoms with Gasteiger partial charge in [0.15, 0.2) is 17.4 Å². The number of aromatic nitrogens is 1. The third-order valence-electron chi connectivity index (χ3n) is 8.03. The van der Waals surface area contributed by atoms with Gasteiger partial charge in [-0.3, -0.25) is 9.59 Å². The molecule has 0 spiro atoms. The zero-order valence-corrected chi connectivity index (χ0v) is 22.2. The van der Waals surface area contributed by atoms with Gasteiger partial charge in [-0.1, -0.05) is 48.9 Å². The predicted octanol–water partition coefficient (Wildman–Crippen LogP) is 7.35. The molecule has 1 saturated heterocycles. The molecule has 2 heterocycles. The van der Waals surface area contributed by atoms with Crippen LogP contribution in [0.5, 0.6) is 0 Å². The Bertz CT molecular complexity index is 1540. The minimum atomic E-state index is -1.08. The molecule has 1 fully saturated rings. The Morgan fingerprint density at radius 1 is 0.974 bits per heavy atom. The molecule has 196 valence electrons. The molecule has 0 aliphatic carbocycles. The Kier molecular flexibility index (Phi) is 7.10. The third-order valence-corrected chi connectivity index (χ3v) is 8.27. The van der Waals surface area contributed by atoms with Crippen molar-refractivity contribution in [3.05, 3.63) is 106 Å². The molecule has 1 aliphatic heterocycles. The minimum absolute atomic E-state index is 0.0422. The highest BCUT2D eigenvalue weighted by Crippen LogP contribution is 2.40. The smallest absolute Gasteiger partial charge is 0.256 e. The molecule has 3 aromatic carbocycles. The summed E-state index contributed by atoms with van der Waals surface area (Å²) in [5.41, 5.74) is 3.87. The van der Waals surface area contributed by atoms with Crippen LogP contribution < -0.4 is 0 Å². The van der Waals surface area contributed by atoms with E-state index in [9.17, 15) is 18.4 Å². The lowest BCUT2D eigenvalue weighted by Crippen LogP contribution is -2.45. The van der Waals surface area contributed by atoms with E-state index in [2.05, 4.69) is 38.1 Å². The average molecular weight is 535 g/mol. The molecule has 0 radical (unpaired) electrons. The van der Waals surface area contributed by atoms with Gasteiger partial charge >= 0.3 is 0 Å². The maximum absolute atomic E-state index is 13.8. The van der Waals surface area contributed by atoms with Gasteiger partial charge in [0.2, 0.25) is 0 Å². The van der Waals surface area contributed by atoms with Gasteiger partial charge in [0.05, 0.1) is 17.6 Å². The van der Waals surface area contributed by atoms with E-state index in [1.807, 2.05) is 4.90 Å². The molecule has 4 aromatic rings. The first-order chi connectivity index (χ1) is 18.2. The summed E-state index contributed by atoms with van der Waals surface area (Å²) in [5.74, 6) is -2.58. The zero-order valence-electron chi connectivity index (χ0n) is 21.4. The lowest BCUT2D eigenvalue weighted by Gasteiger charge is -2.42. The van der Waals surface area contributed by atoms with Gasteiger partial charge in [-0.05, 0) is 73.1 Å². The number of nitrogens with zero attached hydrogens (tertiary/aromatic N) is 2. The lowest BCUT2D eigenvalue weighted by molar-refractivity contribution is 0.0663. The van der Waals surface area contributed by atoms with E-state index in [1.165, 1.54) is 17.2 Å². The largest absolute Gasteiger partial charge is 0.339 e. The SMILES string of the molecule is CCC1(c2ccccc2C)CCN(C(=O)c2cn(CC(=O)c3ccc(F)c(F)c3)c3cc(Cl)ccc23)CC1. The summed E-state index contributed by atoms with van der Waals surface area (Å²) in [6, 6.07) is 16.8. The van der Waals surface area contributed by atoms with E-state index in [1.54, 1.807) is 29.0 Å². The number of hydrogen-bond donors (Lipinski definition) is 0. The highest BCUT2D eigenvalue weighted by atomic mass is 35.5. The van der Waals surface area contributed by atoms with Crippen LogP contribution in [-0.2, 0) is 12.0 Å². The van der Waals surface area contributed by atoms with E-state index in [0.29, 0.717) is 34.6 Å². The number of piperidine rings is 1. The van der Waals surface area contributed by atoms with Crippen molar-refractivity contribution in [2.24, 2.45) is 0 Å². The van der Waals surface area contributed by atoms with Crippen LogP contribution in [0.1, 0.15) is 58.0 Å². The summed E-state index contributed by atoms with van der Waals surface area (Å²) in [4.78, 5) is 28.6. The van der Waals surface area contributed by atoms with Crippen LogP contribution in [0.15, 0.2) is 66.9 Å². The first-order valence-corrected chi connectivity index (χ1v) is 13.2. The molecule has 1 aromatic heterocycles. The van der Waals surface area contributed by atoms with Gasteiger partial charge in [-0.15, -0.1) is 0 Å². The molecule has 0 saturated carbocycles. The highest BCUT2D eigenvalue weighted by molar-refractivity contribution is 6.31. The Morgan fingerprint density at radius 2 is 1.71 bits per heavy atom. The molecule has 0 atom stereocenters. The second-order valence-electron chi connectivity index (χ2n) is 10.1. The van der Waals surface area contributed by atoms with E-state index in [0.717, 1.165) is 31.4 Å². The number of carbonyl (C=O) groups excluding carboxylic acids is 2. The van der Waals surface area contributed by atoms with Gasteiger partial charge in [0, 0.05) is 35.3 Å². The number of rotatable bonds is 6. The maximum Gasteiger partial charge on any atom is 0.256 e. The second kappa shape index (κ2) is 10.3. The van der Waals surface area contributed by atoms with Crippen molar-refractivity contribution in [3.63, 3.8) is 0 Å². The standard InChI is InChI=1S/C31H29ClF2N2O2/c1-3-31(25-7-5-4-6-20(25)2)12-14-35(15-13-31)30(38)24-18-36(28-17-22(32)9-10-23(24)28)19-29(37)21-8-11-26(33)27(34)16-21/h4-11,16-18H,3,12-15,19H2,1-2H3. The Balaban J connectivity index is 1.41. The van der Waals surface area contributed by atoms with E-state index < -0.39 is 17.4 Å². The number of benzene rings is 3. The molecule has 0 bridgehead atoms. The number of carbonyl (C=O) groups is 2. The molecule has 38 heavy (non-hydrogen) atoms. The summed E-state index contributed by atoms with van der Waals surface area (Å²) in [6.07, 6.45) is 4.42. The molecule has 0 N–H and O–H groups in total. The molecule has 7 heteroatoms. The lowest BCUT2D eigenvalue weighted by atomic mass is 9.69. The number of Topliss-reactive ketones (excluding diaryl/α,β-unsaturated/α-hetero) is 1. The monoisotopic (exact) mass is 534 g/mol. The number of likely N-dealkylation sites (tertiary alicyclic amines) is 1. The van der Waals surface area contributed by atoms with Crippen molar-refractivity contribution in [2.45, 2.75) is 45.1 Å². The number of ketones is 1. The molecule has 1 aliphatic rings. The van der Waals surface area contributed by atoms with Crippen molar-refractivity contribution >= 4 is 34.2 Å². The fourth-order valence-electron chi connectivity index (χ4n) is 5.77. The van der Waals surface area contributed by atoms with Gasteiger partial charge in [0.25, 0.3) is 5.91 Å². The first kappa shape index (κ1) is 26.1. The summed E-state index contributed by atoms with van der Waals surface area (Å²) in [5, 5.41) is 1.17. The van der Waals surface area contributed by atoms with Gasteiger partial charge in [0.1, 0.15) is 0 Å². The van der Waals surface area contributed by atoms with Crippen LogP contribution in [0.2, 0.25) is 5.02 Å². The van der Waals surface area contributed by atoms with Gasteiger partial charge in [-0.25, -0.2) is 8.78 Å². The van der Waals surface area contributed by atoms with Crippen LogP contribution in [0.4, 0.5) is 8.78 Å². The number of fused-ring (bicyclic) bond motifs is 1. The van der Waals surface area contributed by atoms with Crippen molar-refractivity contribution < 1.29 is 18.4 Å². The number of hydrogen-bond acceptors (Lipinski definition) is 2. The normalized spacial score (nSPS) is 15.1. The quantitative estimate of drug-likeness (QED) is 0.243. The van der Waals surface area contributed by atoms with E-state index in [-0.39, 0.29) is 23.4 Å². The minimum Gasteiger partial charge on any atom is -0.339 e. The van der Waals surface area contributed by atoms with E-state index in [4.69, 9.17) is 11.6 Å². The average Bonchev–Trinajstić information content (AvgIpc) is 3.27. The zero-order chi connectivity index (χ0) is 27.0. The van der Waals surface area contributed by atoms with Crippen LogP contribution >= 0.6 is 11.6 Å². The summed E-state index contributed by atoms with van der Waals surface area (Å²) < 4.78 is 28.7. The fraction of sp³-hybridized carbons (Fsp3) is 0.290. The number of amides is 1. The van der Waals surface area contributed by atoms with Gasteiger partial charge in [-0.2, -0.15) is 0 Å².